The fraction of sp³-hybridized carbons (Fsp3) is 0.538. The first-order chi connectivity index (χ1) is 9.20. The van der Waals surface area contributed by atoms with Gasteiger partial charge in [-0.3, -0.25) is 10.1 Å². The van der Waals surface area contributed by atoms with Gasteiger partial charge in [0.15, 0.2) is 0 Å². The molecule has 2 rings (SSSR count). The molecular formula is C13H18N2O4. The minimum absolute atomic E-state index is 0.0714. The van der Waals surface area contributed by atoms with E-state index in [1.54, 1.807) is 12.1 Å². The molecule has 1 fully saturated rings. The van der Waals surface area contributed by atoms with E-state index < -0.39 is 4.92 Å². The van der Waals surface area contributed by atoms with Crippen molar-refractivity contribution in [2.24, 2.45) is 0 Å². The average molecular weight is 266 g/mol. The topological polar surface area (TPSA) is 84.6 Å². The van der Waals surface area contributed by atoms with Gasteiger partial charge in [-0.15, -0.1) is 0 Å². The van der Waals surface area contributed by atoms with E-state index >= 15 is 0 Å². The molecule has 0 aromatic heterocycles. The highest BCUT2D eigenvalue weighted by Crippen LogP contribution is 2.26. The summed E-state index contributed by atoms with van der Waals surface area (Å²) in [6, 6.07) is 5.14. The van der Waals surface area contributed by atoms with Crippen LogP contribution >= 0.6 is 0 Å². The van der Waals surface area contributed by atoms with Gasteiger partial charge in [0.2, 0.25) is 0 Å². The second kappa shape index (κ2) is 6.49. The van der Waals surface area contributed by atoms with Gasteiger partial charge in [0.05, 0.1) is 11.5 Å². The molecule has 0 saturated heterocycles. The molecule has 1 aliphatic rings. The van der Waals surface area contributed by atoms with Gasteiger partial charge in [-0.2, -0.15) is 0 Å². The van der Waals surface area contributed by atoms with Crippen LogP contribution in [0.3, 0.4) is 0 Å². The van der Waals surface area contributed by atoms with Crippen LogP contribution < -0.4 is 10.1 Å². The lowest BCUT2D eigenvalue weighted by Crippen LogP contribution is -2.16. The van der Waals surface area contributed by atoms with E-state index in [0.29, 0.717) is 31.4 Å². The van der Waals surface area contributed by atoms with Crippen LogP contribution in [0.1, 0.15) is 24.8 Å². The fourth-order valence-corrected chi connectivity index (χ4v) is 1.75. The number of aliphatic hydroxyl groups excluding tert-OH is 1. The van der Waals surface area contributed by atoms with E-state index in [0.717, 1.165) is 18.4 Å². The monoisotopic (exact) mass is 266 g/mol. The molecular weight excluding hydrogens is 248 g/mol. The highest BCUT2D eigenvalue weighted by Gasteiger charge is 2.21. The third kappa shape index (κ3) is 4.18. The number of hydrogen-bond acceptors (Lipinski definition) is 5. The molecule has 0 aliphatic heterocycles. The predicted octanol–water partition coefficient (Wildman–Crippen LogP) is 1.61. The third-order valence-electron chi connectivity index (χ3n) is 2.97. The van der Waals surface area contributed by atoms with Crippen LogP contribution in [-0.2, 0) is 6.54 Å². The quantitative estimate of drug-likeness (QED) is 0.424. The molecule has 1 aromatic rings. The molecule has 0 radical (unpaired) electrons. The van der Waals surface area contributed by atoms with Crippen LogP contribution in [0.5, 0.6) is 5.75 Å². The van der Waals surface area contributed by atoms with Crippen molar-refractivity contribution in [3.63, 3.8) is 0 Å². The van der Waals surface area contributed by atoms with Gasteiger partial charge in [-0.05, 0) is 18.9 Å². The summed E-state index contributed by atoms with van der Waals surface area (Å²) in [4.78, 5) is 10.4. The minimum atomic E-state index is -0.405. The van der Waals surface area contributed by atoms with Crippen LogP contribution in [0.4, 0.5) is 5.69 Å². The van der Waals surface area contributed by atoms with Gasteiger partial charge in [-0.25, -0.2) is 0 Å². The maximum Gasteiger partial charge on any atom is 0.270 e. The maximum atomic E-state index is 10.8. The van der Waals surface area contributed by atoms with Crippen molar-refractivity contribution in [1.29, 1.82) is 0 Å². The lowest BCUT2D eigenvalue weighted by atomic mass is 10.1. The van der Waals surface area contributed by atoms with Crippen molar-refractivity contribution in [3.8, 4) is 5.75 Å². The average Bonchev–Trinajstić information content (AvgIpc) is 3.21. The highest BCUT2D eigenvalue weighted by atomic mass is 16.6. The zero-order valence-corrected chi connectivity index (χ0v) is 10.7. The molecule has 1 aliphatic carbocycles. The molecule has 6 nitrogen and oxygen atoms in total. The molecule has 0 spiro atoms. The summed E-state index contributed by atoms with van der Waals surface area (Å²) in [7, 11) is 0. The van der Waals surface area contributed by atoms with Crippen LogP contribution in [0.15, 0.2) is 18.2 Å². The van der Waals surface area contributed by atoms with Gasteiger partial charge in [0.25, 0.3) is 5.69 Å². The molecule has 2 N–H and O–H groups in total. The number of hydrogen-bond donors (Lipinski definition) is 2. The zero-order chi connectivity index (χ0) is 13.7. The minimum Gasteiger partial charge on any atom is -0.493 e. The number of benzene rings is 1. The van der Waals surface area contributed by atoms with Crippen molar-refractivity contribution in [1.82, 2.24) is 5.32 Å². The van der Waals surface area contributed by atoms with E-state index in [1.807, 2.05) is 0 Å². The number of nitro benzene ring substituents is 1. The summed E-state index contributed by atoms with van der Waals surface area (Å²) in [6.45, 7) is 1.05. The van der Waals surface area contributed by atoms with Gasteiger partial charge >= 0.3 is 0 Å². The Morgan fingerprint density at radius 3 is 2.89 bits per heavy atom. The SMILES string of the molecule is O=[N+]([O-])c1ccc(OCCCO)c(CNC2CC2)c1. The number of nitro groups is 1. The summed E-state index contributed by atoms with van der Waals surface area (Å²) in [5.41, 5.74) is 0.862. The smallest absolute Gasteiger partial charge is 0.270 e. The third-order valence-corrected chi connectivity index (χ3v) is 2.97. The molecule has 104 valence electrons. The zero-order valence-electron chi connectivity index (χ0n) is 10.7. The Hall–Kier alpha value is -1.66. The Morgan fingerprint density at radius 1 is 1.47 bits per heavy atom. The first kappa shape index (κ1) is 13.8. The van der Waals surface area contributed by atoms with Gasteiger partial charge < -0.3 is 15.2 Å². The van der Waals surface area contributed by atoms with Gasteiger partial charge in [0, 0.05) is 43.3 Å². The molecule has 0 heterocycles. The molecule has 6 heteroatoms. The van der Waals surface area contributed by atoms with Crippen molar-refractivity contribution >= 4 is 5.69 Å². The van der Waals surface area contributed by atoms with E-state index in [2.05, 4.69) is 5.32 Å². The van der Waals surface area contributed by atoms with Crippen molar-refractivity contribution in [2.75, 3.05) is 13.2 Å². The summed E-state index contributed by atoms with van der Waals surface area (Å²) < 4.78 is 5.54. The van der Waals surface area contributed by atoms with Crippen LogP contribution in [0.25, 0.3) is 0 Å². The number of nitrogens with zero attached hydrogens (tertiary/aromatic N) is 1. The Bertz CT molecular complexity index is 446. The van der Waals surface area contributed by atoms with Crippen molar-refractivity contribution < 1.29 is 14.8 Å². The second-order valence-electron chi connectivity index (χ2n) is 4.63. The first-order valence-electron chi connectivity index (χ1n) is 6.45. The normalized spacial score (nSPS) is 14.4. The van der Waals surface area contributed by atoms with E-state index in [4.69, 9.17) is 9.84 Å². The van der Waals surface area contributed by atoms with Gasteiger partial charge in [-0.1, -0.05) is 0 Å². The van der Waals surface area contributed by atoms with Crippen molar-refractivity contribution in [3.05, 3.63) is 33.9 Å². The van der Waals surface area contributed by atoms with Crippen LogP contribution in [0.2, 0.25) is 0 Å². The summed E-state index contributed by atoms with van der Waals surface area (Å²) in [6.07, 6.45) is 2.87. The van der Waals surface area contributed by atoms with Crippen LogP contribution in [0, 0.1) is 10.1 Å². The lowest BCUT2D eigenvalue weighted by Gasteiger charge is -2.11. The van der Waals surface area contributed by atoms with E-state index in [1.165, 1.54) is 6.07 Å². The Labute approximate surface area is 111 Å². The molecule has 0 amide bonds. The number of rotatable bonds is 8. The first-order valence-corrected chi connectivity index (χ1v) is 6.45. The number of non-ortho nitro benzene ring substituents is 1. The van der Waals surface area contributed by atoms with Crippen LogP contribution in [-0.4, -0.2) is 29.3 Å². The molecule has 1 aromatic carbocycles. The highest BCUT2D eigenvalue weighted by molar-refractivity contribution is 5.43. The Kier molecular flexibility index (Phi) is 4.70. The number of nitrogens with one attached hydrogen (secondary N) is 1. The summed E-state index contributed by atoms with van der Waals surface area (Å²) in [5.74, 6) is 0.646. The van der Waals surface area contributed by atoms with Gasteiger partial charge in [0.1, 0.15) is 5.75 Å². The van der Waals surface area contributed by atoms with E-state index in [-0.39, 0.29) is 12.3 Å². The fourth-order valence-electron chi connectivity index (χ4n) is 1.75. The van der Waals surface area contributed by atoms with Crippen molar-refractivity contribution in [2.45, 2.75) is 31.8 Å². The molecule has 0 unspecified atom stereocenters. The molecule has 0 atom stereocenters. The largest absolute Gasteiger partial charge is 0.493 e. The summed E-state index contributed by atoms with van der Waals surface area (Å²) in [5, 5.41) is 22.8. The molecule has 1 saturated carbocycles. The molecule has 19 heavy (non-hydrogen) atoms. The number of ether oxygens (including phenoxy) is 1. The Morgan fingerprint density at radius 2 is 2.26 bits per heavy atom. The predicted molar refractivity (Wildman–Crippen MR) is 70.2 cm³/mol. The molecule has 0 bridgehead atoms. The summed E-state index contributed by atoms with van der Waals surface area (Å²) >= 11 is 0. The maximum absolute atomic E-state index is 10.8. The Balaban J connectivity index is 2.06. The number of aliphatic hydroxyl groups is 1. The van der Waals surface area contributed by atoms with E-state index in [9.17, 15) is 10.1 Å². The second-order valence-corrected chi connectivity index (χ2v) is 4.63. The standard InChI is InChI=1S/C13H18N2O4/c16-6-1-7-19-13-5-4-12(15(17)18)8-10(13)9-14-11-2-3-11/h4-5,8,11,14,16H,1-3,6-7,9H2. The lowest BCUT2D eigenvalue weighted by molar-refractivity contribution is -0.384.